The molecule has 0 bridgehead atoms. The van der Waals surface area contributed by atoms with E-state index in [1.807, 2.05) is 0 Å². The highest BCUT2D eigenvalue weighted by Crippen LogP contribution is 2.29. The minimum absolute atomic E-state index is 0.0767. The van der Waals surface area contributed by atoms with Crippen molar-refractivity contribution in [3.8, 4) is 0 Å². The second-order valence-corrected chi connectivity index (χ2v) is 4.03. The van der Waals surface area contributed by atoms with Gasteiger partial charge in [0, 0.05) is 11.1 Å². The fourth-order valence-corrected chi connectivity index (χ4v) is 1.85. The standard InChI is InChI=1S/C9H7F5OSi/c1-2-3(16-15)4-5(10)7(12)9(14)8(13)6(4)11/h3,15H,2H2,1H3. The lowest BCUT2D eigenvalue weighted by Gasteiger charge is -2.14. The molecule has 1 nitrogen and oxygen atoms in total. The molecule has 1 N–H and O–H groups in total. The van der Waals surface area contributed by atoms with Gasteiger partial charge in [-0.3, -0.25) is 0 Å². The van der Waals surface area contributed by atoms with E-state index in [9.17, 15) is 22.0 Å². The van der Waals surface area contributed by atoms with Crippen LogP contribution in [0.1, 0.15) is 24.4 Å². The third-order valence-electron chi connectivity index (χ3n) is 2.16. The largest absolute Gasteiger partial charge is 0.431 e. The molecule has 0 aromatic heterocycles. The molecule has 0 aliphatic carbocycles. The molecule has 0 saturated carbocycles. The van der Waals surface area contributed by atoms with Crippen LogP contribution < -0.4 is 0 Å². The first-order chi connectivity index (χ1) is 7.45. The number of halogens is 5. The smallest absolute Gasteiger partial charge is 0.232 e. The summed E-state index contributed by atoms with van der Waals surface area (Å²) in [6.45, 7) is 1.48. The molecule has 0 saturated heterocycles. The molecule has 0 fully saturated rings. The summed E-state index contributed by atoms with van der Waals surface area (Å²) in [5.41, 5.74) is -2.02. The maximum Gasteiger partial charge on any atom is 0.232 e. The fraction of sp³-hybridized carbons (Fsp3) is 0.333. The van der Waals surface area contributed by atoms with E-state index < -0.39 is 50.0 Å². The average Bonchev–Trinajstić information content (AvgIpc) is 2.29. The summed E-state index contributed by atoms with van der Waals surface area (Å²) in [7, 11) is -0.927. The lowest BCUT2D eigenvalue weighted by molar-refractivity contribution is 0.367. The van der Waals surface area contributed by atoms with Gasteiger partial charge in [-0.2, -0.15) is 0 Å². The van der Waals surface area contributed by atoms with Crippen molar-refractivity contribution < 1.29 is 26.7 Å². The Hall–Kier alpha value is -0.953. The Balaban J connectivity index is 3.50. The molecule has 1 atom stereocenters. The highest BCUT2D eigenvalue weighted by Gasteiger charge is 2.29. The Kier molecular flexibility index (Phi) is 4.03. The molecule has 0 amide bonds. The van der Waals surface area contributed by atoms with Crippen molar-refractivity contribution in [3.05, 3.63) is 34.6 Å². The van der Waals surface area contributed by atoms with E-state index in [2.05, 4.69) is 0 Å². The fourth-order valence-electron chi connectivity index (χ4n) is 1.29. The third-order valence-corrected chi connectivity index (χ3v) is 3.16. The zero-order chi connectivity index (χ0) is 12.5. The maximum absolute atomic E-state index is 13.2. The highest BCUT2D eigenvalue weighted by atomic mass is 28.2. The summed E-state index contributed by atoms with van der Waals surface area (Å²) >= 11 is 0. The van der Waals surface area contributed by atoms with Crippen molar-refractivity contribution in [1.82, 2.24) is 0 Å². The van der Waals surface area contributed by atoms with Gasteiger partial charge in [0.25, 0.3) is 0 Å². The van der Waals surface area contributed by atoms with E-state index in [1.54, 1.807) is 0 Å². The summed E-state index contributed by atoms with van der Waals surface area (Å²) in [5.74, 6) is -9.89. The van der Waals surface area contributed by atoms with Crippen molar-refractivity contribution in [2.24, 2.45) is 0 Å². The zero-order valence-electron chi connectivity index (χ0n) is 8.12. The maximum atomic E-state index is 13.2. The van der Waals surface area contributed by atoms with Crippen LogP contribution >= 0.6 is 0 Å². The Morgan fingerprint density at radius 3 is 1.62 bits per heavy atom. The van der Waals surface area contributed by atoms with Gasteiger partial charge in [0.1, 0.15) is 0 Å². The first kappa shape index (κ1) is 13.1. The van der Waals surface area contributed by atoms with Gasteiger partial charge >= 0.3 is 0 Å². The van der Waals surface area contributed by atoms with Crippen molar-refractivity contribution >= 4 is 9.76 Å². The van der Waals surface area contributed by atoms with Crippen molar-refractivity contribution in [2.45, 2.75) is 18.9 Å². The summed E-state index contributed by atoms with van der Waals surface area (Å²) in [4.78, 5) is 8.84. The lowest BCUT2D eigenvalue weighted by Crippen LogP contribution is -2.15. The average molecular weight is 254 g/mol. The molecule has 0 aliphatic heterocycles. The van der Waals surface area contributed by atoms with Gasteiger partial charge in [-0.1, -0.05) is 6.92 Å². The molecular weight excluding hydrogens is 247 g/mol. The molecule has 88 valence electrons. The minimum Gasteiger partial charge on any atom is -0.431 e. The summed E-state index contributed by atoms with van der Waals surface area (Å²) < 4.78 is 64.7. The lowest BCUT2D eigenvalue weighted by atomic mass is 10.1. The van der Waals surface area contributed by atoms with Crippen molar-refractivity contribution in [1.29, 1.82) is 0 Å². The first-order valence-electron chi connectivity index (χ1n) is 4.36. The van der Waals surface area contributed by atoms with Crippen LogP contribution in [-0.4, -0.2) is 14.6 Å². The van der Waals surface area contributed by atoms with Gasteiger partial charge in [-0.25, -0.2) is 22.0 Å². The van der Waals surface area contributed by atoms with Gasteiger partial charge in [0.05, 0.1) is 0 Å². The van der Waals surface area contributed by atoms with Crippen LogP contribution in [0, 0.1) is 29.1 Å². The van der Waals surface area contributed by atoms with E-state index in [0.29, 0.717) is 0 Å². The van der Waals surface area contributed by atoms with Crippen LogP contribution in [0.15, 0.2) is 0 Å². The van der Waals surface area contributed by atoms with Gasteiger partial charge < -0.3 is 4.80 Å². The van der Waals surface area contributed by atoms with Gasteiger partial charge in [-0.15, -0.1) is 0 Å². The molecular formula is C9H7F5OSi. The number of rotatable bonds is 3. The van der Waals surface area contributed by atoms with E-state index in [1.165, 1.54) is 6.92 Å². The van der Waals surface area contributed by atoms with Crippen molar-refractivity contribution in [3.63, 3.8) is 0 Å². The predicted molar refractivity (Wildman–Crippen MR) is 47.2 cm³/mol. The quantitative estimate of drug-likeness (QED) is 0.380. The van der Waals surface area contributed by atoms with Gasteiger partial charge in [-0.05, 0) is 6.42 Å². The topological polar surface area (TPSA) is 20.2 Å². The first-order valence-corrected chi connectivity index (χ1v) is 5.39. The molecule has 7 heteroatoms. The van der Waals surface area contributed by atoms with Crippen LogP contribution in [-0.2, 0) is 0 Å². The van der Waals surface area contributed by atoms with E-state index in [-0.39, 0.29) is 6.42 Å². The summed E-state index contributed by atoms with van der Waals surface area (Å²) in [5, 5.41) is 0. The molecule has 16 heavy (non-hydrogen) atoms. The summed E-state index contributed by atoms with van der Waals surface area (Å²) in [6, 6.07) is 0. The second kappa shape index (κ2) is 4.92. The Bertz CT molecular complexity index is 376. The molecule has 1 rings (SSSR count). The molecule has 0 aliphatic rings. The van der Waals surface area contributed by atoms with Crippen LogP contribution in [0.5, 0.6) is 0 Å². The number of hydrogen-bond acceptors (Lipinski definition) is 1. The molecule has 1 aromatic rings. The van der Waals surface area contributed by atoms with Gasteiger partial charge in [0.15, 0.2) is 23.3 Å². The molecule has 2 radical (unpaired) electrons. The third kappa shape index (κ3) is 1.96. The highest BCUT2D eigenvalue weighted by molar-refractivity contribution is 6.28. The Morgan fingerprint density at radius 2 is 1.31 bits per heavy atom. The molecule has 1 aromatic carbocycles. The minimum atomic E-state index is -2.19. The van der Waals surface area contributed by atoms with E-state index >= 15 is 0 Å². The zero-order valence-corrected chi connectivity index (χ0v) is 9.12. The second-order valence-electron chi connectivity index (χ2n) is 3.07. The molecule has 0 heterocycles. The van der Waals surface area contributed by atoms with Crippen LogP contribution in [0.4, 0.5) is 22.0 Å². The van der Waals surface area contributed by atoms with E-state index in [0.717, 1.165) is 0 Å². The molecule has 1 unspecified atom stereocenters. The SMILES string of the molecule is CCC([Si]O)c1c(F)c(F)c(F)c(F)c1F. The number of hydrogen-bond donors (Lipinski definition) is 1. The van der Waals surface area contributed by atoms with Crippen LogP contribution in [0.3, 0.4) is 0 Å². The predicted octanol–water partition coefficient (Wildman–Crippen LogP) is 2.44. The Labute approximate surface area is 90.8 Å². The number of benzene rings is 1. The normalized spacial score (nSPS) is 12.9. The van der Waals surface area contributed by atoms with Crippen LogP contribution in [0.2, 0.25) is 0 Å². The monoisotopic (exact) mass is 254 g/mol. The Morgan fingerprint density at radius 1 is 0.938 bits per heavy atom. The van der Waals surface area contributed by atoms with Crippen molar-refractivity contribution in [2.75, 3.05) is 0 Å². The summed E-state index contributed by atoms with van der Waals surface area (Å²) in [6.07, 6.45) is 0.0767. The van der Waals surface area contributed by atoms with Crippen LogP contribution in [0.25, 0.3) is 0 Å². The molecule has 0 spiro atoms. The van der Waals surface area contributed by atoms with Gasteiger partial charge in [0.2, 0.25) is 15.6 Å². The van der Waals surface area contributed by atoms with E-state index in [4.69, 9.17) is 4.80 Å².